The number of carbonyl (C=O) groups is 14. The number of para-hydroxylation sites is 1. The Labute approximate surface area is 809 Å². The van der Waals surface area contributed by atoms with Gasteiger partial charge in [0, 0.05) is 89.3 Å². The summed E-state index contributed by atoms with van der Waals surface area (Å²) in [7, 11) is 1.66. The Morgan fingerprint density at radius 1 is 0.486 bits per heavy atom. The average molecular weight is 1950 g/mol. The first-order valence-corrected chi connectivity index (χ1v) is 46.6. The van der Waals surface area contributed by atoms with Crippen molar-refractivity contribution in [1.82, 2.24) is 109 Å². The molecule has 0 radical (unpaired) electrons. The van der Waals surface area contributed by atoms with Gasteiger partial charge >= 0.3 is 0 Å². The van der Waals surface area contributed by atoms with Gasteiger partial charge in [-0.05, 0) is 119 Å². The number of primary amides is 1. The lowest BCUT2D eigenvalue weighted by Gasteiger charge is -2.32. The summed E-state index contributed by atoms with van der Waals surface area (Å²) in [5.74, 6) is -15.3. The molecule has 1 aliphatic rings. The number of carbonyl (C=O) groups excluding carboxylic acids is 14. The first-order chi connectivity index (χ1) is 66.6. The van der Waals surface area contributed by atoms with E-state index >= 15 is 28.8 Å². The van der Waals surface area contributed by atoms with Crippen LogP contribution in [0.2, 0.25) is 0 Å². The van der Waals surface area contributed by atoms with Crippen molar-refractivity contribution >= 4 is 117 Å². The van der Waals surface area contributed by atoms with E-state index in [1.807, 2.05) is 6.92 Å². The number of aliphatic hydroxyl groups excluding tert-OH is 1. The number of likely N-dealkylation sites (tertiary alicyclic amines) is 1. The van der Waals surface area contributed by atoms with Gasteiger partial charge in [0.05, 0.1) is 63.6 Å². The van der Waals surface area contributed by atoms with Gasteiger partial charge in [-0.1, -0.05) is 111 Å². The topological polar surface area (TPSA) is 753 Å². The number of nitrogens with one attached hydrogen (secondary N) is 21. The highest BCUT2D eigenvalue weighted by Gasteiger charge is 2.44. The van der Waals surface area contributed by atoms with E-state index in [2.05, 4.69) is 115 Å². The maximum atomic E-state index is 15.2. The minimum Gasteiger partial charge on any atom is -0.391 e. The third-order valence-corrected chi connectivity index (χ3v) is 23.7. The summed E-state index contributed by atoms with van der Waals surface area (Å²) in [4.78, 5) is 250. The predicted octanol–water partition coefficient (Wildman–Crippen LogP) is -0.424. The fourth-order valence-corrected chi connectivity index (χ4v) is 15.6. The molecule has 0 bridgehead atoms. The van der Waals surface area contributed by atoms with E-state index in [0.29, 0.717) is 29.8 Å². The number of aromatic amines is 3. The number of amides is 14. The molecular formula is C91H134N30O19. The van der Waals surface area contributed by atoms with Gasteiger partial charge in [-0.3, -0.25) is 98.2 Å². The molecule has 0 saturated carbocycles. The van der Waals surface area contributed by atoms with E-state index < -0.39 is 219 Å². The molecular weight excluding hydrogens is 1820 g/mol. The number of aliphatic hydroxyl groups is 1. The number of nitrogens with zero attached hydrogens (tertiary/aromatic N) is 6. The van der Waals surface area contributed by atoms with Gasteiger partial charge in [0.2, 0.25) is 76.8 Å². The highest BCUT2D eigenvalue weighted by molar-refractivity contribution is 6.04. The van der Waals surface area contributed by atoms with Crippen LogP contribution in [0.4, 0.5) is 22.7 Å². The summed E-state index contributed by atoms with van der Waals surface area (Å²) in [6.45, 7) is 15.0. The van der Waals surface area contributed by atoms with E-state index in [1.165, 1.54) is 36.3 Å². The van der Waals surface area contributed by atoms with Crippen LogP contribution in [0.3, 0.4) is 0 Å². The summed E-state index contributed by atoms with van der Waals surface area (Å²) in [6.07, 6.45) is 6.66. The van der Waals surface area contributed by atoms with Crippen LogP contribution in [0.1, 0.15) is 172 Å². The molecule has 762 valence electrons. The number of nitro groups is 2. The van der Waals surface area contributed by atoms with Crippen LogP contribution in [0.25, 0.3) is 0 Å². The lowest BCUT2D eigenvalue weighted by Crippen LogP contribution is -2.63. The minimum atomic E-state index is -1.96. The van der Waals surface area contributed by atoms with E-state index in [-0.39, 0.29) is 144 Å². The Morgan fingerprint density at radius 3 is 1.44 bits per heavy atom. The van der Waals surface area contributed by atoms with Gasteiger partial charge in [0.1, 0.15) is 84.2 Å². The summed E-state index contributed by atoms with van der Waals surface area (Å²) in [5, 5.41) is 93.5. The molecule has 16 atom stereocenters. The number of H-pyrrole nitrogens is 3. The second-order valence-corrected chi connectivity index (χ2v) is 35.3. The molecule has 1 aliphatic heterocycles. The Kier molecular flexibility index (Phi) is 44.6. The Morgan fingerprint density at radius 2 is 0.929 bits per heavy atom. The van der Waals surface area contributed by atoms with Gasteiger partial charge in [-0.15, -0.1) is 0 Å². The molecule has 1 fully saturated rings. The highest BCUT2D eigenvalue weighted by Crippen LogP contribution is 2.30. The number of anilines is 2. The molecule has 0 spiro atoms. The van der Waals surface area contributed by atoms with Crippen LogP contribution in [0.5, 0.6) is 0 Å². The molecule has 49 heteroatoms. The fourth-order valence-electron chi connectivity index (χ4n) is 15.6. The average Bonchev–Trinajstić information content (AvgIpc) is 1.71. The van der Waals surface area contributed by atoms with Gasteiger partial charge in [-0.2, -0.15) is 0 Å². The number of benzene rings is 3. The molecule has 7 rings (SSSR count). The largest absolute Gasteiger partial charge is 0.391 e. The number of non-ortho nitro benzene ring substituents is 1. The second-order valence-electron chi connectivity index (χ2n) is 35.3. The zero-order chi connectivity index (χ0) is 103. The van der Waals surface area contributed by atoms with Crippen LogP contribution in [-0.2, 0) is 88.0 Å². The van der Waals surface area contributed by atoms with Crippen molar-refractivity contribution < 1.29 is 82.1 Å². The second kappa shape index (κ2) is 55.8. The molecule has 3 aromatic heterocycles. The fraction of sp³-hybridized carbons (Fsp3) is 0.527. The zero-order valence-corrected chi connectivity index (χ0v) is 80.1. The Balaban J connectivity index is 1.10. The summed E-state index contributed by atoms with van der Waals surface area (Å²) >= 11 is 0. The monoisotopic (exact) mass is 1950 g/mol. The Hall–Kier alpha value is -15.2. The van der Waals surface area contributed by atoms with E-state index in [0.717, 1.165) is 25.1 Å². The summed E-state index contributed by atoms with van der Waals surface area (Å²) < 4.78 is 0. The first-order valence-electron chi connectivity index (χ1n) is 46.6. The van der Waals surface area contributed by atoms with Crippen LogP contribution in [0.15, 0.2) is 110 Å². The van der Waals surface area contributed by atoms with Crippen LogP contribution >= 0.6 is 0 Å². The maximum Gasteiger partial charge on any atom is 0.299 e. The van der Waals surface area contributed by atoms with E-state index in [1.54, 1.807) is 116 Å². The summed E-state index contributed by atoms with van der Waals surface area (Å²) in [6, 6.07) is -0.717. The quantitative estimate of drug-likeness (QED) is 0.00758. The third-order valence-electron chi connectivity index (χ3n) is 23.7. The first kappa shape index (κ1) is 112. The SMILES string of the molecule is CC[C@H](C)[C@H](NC(=O)c1ccccc1NC)C(=O)N[C@@H](Cc1c[nH]cn1)C(=O)N1CCC[C@H]1C(=O)N[C@@H](Cc1ccccc1)C(=O)N[C@@H](Cc1c[nH]cn1)C(=O)N[C@@H](CC(C)C)C(=O)N[C@H](C(=O)N[C@H](C(=O)N[C@@H](Cc1c[nH]cn1)C(=O)N[C@H](C(=O)N[C@@H](CCCCNc1ccc([N+](=O)[O-])cc1[N+](=O)[O-])C(=O)N[C@H](CCCNC(=N)N)C(=O)N[C@H](CCCNC(=N)N)C(N)=O)[C@@H](C)O)[C@@H](C)CC)C(C)C. The molecule has 28 N–H and O–H groups in total. The van der Waals surface area contributed by atoms with Gasteiger partial charge < -0.3 is 127 Å². The Bertz CT molecular complexity index is 5180. The maximum absolute atomic E-state index is 15.2. The lowest BCUT2D eigenvalue weighted by atomic mass is 9.95. The number of imidazole rings is 3. The normalized spacial score (nSPS) is 15.5. The number of aromatic nitrogens is 6. The van der Waals surface area contributed by atoms with E-state index in [9.17, 15) is 63.7 Å². The molecule has 3 aromatic carbocycles. The smallest absolute Gasteiger partial charge is 0.299 e. The molecule has 1 saturated heterocycles. The number of nitrogens with two attached hydrogens (primary N) is 3. The van der Waals surface area contributed by atoms with E-state index in [4.69, 9.17) is 28.0 Å². The van der Waals surface area contributed by atoms with Gasteiger partial charge in [0.15, 0.2) is 11.9 Å². The number of unbranched alkanes of at least 4 members (excludes halogenated alkanes) is 1. The van der Waals surface area contributed by atoms with Gasteiger partial charge in [-0.25, -0.2) is 15.0 Å². The predicted molar refractivity (Wildman–Crippen MR) is 515 cm³/mol. The lowest BCUT2D eigenvalue weighted by molar-refractivity contribution is -0.393. The van der Waals surface area contributed by atoms with Crippen molar-refractivity contribution in [3.63, 3.8) is 0 Å². The minimum absolute atomic E-state index is 0.00283. The van der Waals surface area contributed by atoms with Crippen molar-refractivity contribution in [3.8, 4) is 0 Å². The van der Waals surface area contributed by atoms with Crippen molar-refractivity contribution in [2.45, 2.75) is 250 Å². The number of rotatable bonds is 59. The molecule has 0 unspecified atom stereocenters. The zero-order valence-electron chi connectivity index (χ0n) is 80.1. The number of guanidine groups is 2. The highest BCUT2D eigenvalue weighted by atomic mass is 16.6. The van der Waals surface area contributed by atoms with Crippen LogP contribution in [0, 0.1) is 54.7 Å². The number of hydrogen-bond acceptors (Lipinski definition) is 26. The van der Waals surface area contributed by atoms with Crippen molar-refractivity contribution in [1.29, 1.82) is 10.8 Å². The molecule has 14 amide bonds. The van der Waals surface area contributed by atoms with Crippen molar-refractivity contribution in [2.75, 3.05) is 43.9 Å². The van der Waals surface area contributed by atoms with Crippen LogP contribution < -0.4 is 102 Å². The molecule has 4 heterocycles. The van der Waals surface area contributed by atoms with Crippen molar-refractivity contribution in [3.05, 3.63) is 159 Å². The third kappa shape index (κ3) is 35.1. The molecule has 140 heavy (non-hydrogen) atoms. The molecule has 0 aliphatic carbocycles. The van der Waals surface area contributed by atoms with Gasteiger partial charge in [0.25, 0.3) is 17.3 Å². The van der Waals surface area contributed by atoms with Crippen LogP contribution in [-0.4, -0.2) is 262 Å². The summed E-state index contributed by atoms with van der Waals surface area (Å²) in [5.41, 5.74) is 17.6. The molecule has 49 nitrogen and oxygen atoms in total. The van der Waals surface area contributed by atoms with Crippen molar-refractivity contribution in [2.24, 2.45) is 40.9 Å². The number of hydrogen-bond donors (Lipinski definition) is 25. The standard InChI is InChI=1S/C91H134N30O19/c1-11-51(7)73(116-77(124)59-25-16-17-26-60(59)97-10)87(134)114-69(41-57-45-100-48-106-57)89(136)119-36-22-30-70(119)84(131)112-66(38-54-23-14-13-15-24-54)80(127)111-67(39-55-43-98-46-104-55)81(128)110-65(37-49(3)4)82(129)115-72(50(5)6)85(132)117-74(52(8)12-2)86(133)113-68(40-56-44-99-47-105-56)83(130)118-75(53(9)122)88(135)109-63(27-18-19-33-101-61-32-31-58(120(137)138)42-71(61)121(139)140)79(126)108-64(29-21-35-103-91(95)96)78(125)107-62(76(92)123)28-20-34-102-90(93)94/h13-17,23-26,31-32,42-53,62-70,72-75,97,101,122H,11-12,18-22,27-30,33-41H2,1-10H3,(H2,92,123)(H,98,104)(H,99,105)(H,100,106)(H,107,125)(H,108,126)(H,109,135)(H,110,128)(H,111,127)(H,112,131)(H,113,133)(H,114,134)(H,115,129)(H,116,124)(H,117,132)(H,118,130)(H4,93,94,102)(H4,95,96,103)/t51-,52-,53+,62+,63-,64+,65-,66-,67-,68-,69-,70-,72-,73-,74-,75-/m0/s1. The molecule has 6 aromatic rings. The number of nitro benzene ring substituents is 2.